The van der Waals surface area contributed by atoms with Crippen LogP contribution in [-0.4, -0.2) is 87.6 Å². The lowest BCUT2D eigenvalue weighted by Crippen LogP contribution is -2.55. The van der Waals surface area contributed by atoms with E-state index >= 15 is 0 Å². The maximum absolute atomic E-state index is 12.5. The number of hydrogen-bond acceptors (Lipinski definition) is 6. The molecule has 9 nitrogen and oxygen atoms in total. The maximum Gasteiger partial charge on any atom is 0.490 e. The van der Waals surface area contributed by atoms with Gasteiger partial charge in [0.25, 0.3) is 5.91 Å². The highest BCUT2D eigenvalue weighted by atomic mass is 19.4. The molecule has 0 bridgehead atoms. The molecule has 12 heteroatoms. The van der Waals surface area contributed by atoms with Gasteiger partial charge in [0.2, 0.25) is 5.91 Å². The molecule has 2 N–H and O–H groups in total. The summed E-state index contributed by atoms with van der Waals surface area (Å²) in [6.07, 6.45) is 3.59. The number of hydrogen-bond donors (Lipinski definition) is 2. The lowest BCUT2D eigenvalue weighted by Gasteiger charge is -2.44. The lowest BCUT2D eigenvalue weighted by atomic mass is 9.85. The van der Waals surface area contributed by atoms with E-state index in [2.05, 4.69) is 20.2 Å². The predicted molar refractivity (Wildman–Crippen MR) is 98.5 cm³/mol. The quantitative estimate of drug-likeness (QED) is 0.731. The minimum Gasteiger partial charge on any atom is -0.475 e. The molecule has 1 aromatic rings. The van der Waals surface area contributed by atoms with Crippen molar-refractivity contribution in [1.29, 1.82) is 0 Å². The number of nitrogens with one attached hydrogen (secondary N) is 1. The van der Waals surface area contributed by atoms with Crippen LogP contribution >= 0.6 is 0 Å². The van der Waals surface area contributed by atoms with Crippen molar-refractivity contribution < 1.29 is 32.7 Å². The average Bonchev–Trinajstić information content (AvgIpc) is 3.09. The van der Waals surface area contributed by atoms with E-state index in [0.717, 1.165) is 32.2 Å². The van der Waals surface area contributed by atoms with Crippen molar-refractivity contribution in [3.63, 3.8) is 0 Å². The van der Waals surface area contributed by atoms with E-state index < -0.39 is 12.1 Å². The van der Waals surface area contributed by atoms with Gasteiger partial charge in [-0.3, -0.25) is 19.5 Å². The Kier molecular flexibility index (Phi) is 7.71. The van der Waals surface area contributed by atoms with Gasteiger partial charge in [-0.15, -0.1) is 0 Å². The average molecular weight is 431 g/mol. The Morgan fingerprint density at radius 1 is 1.17 bits per heavy atom. The number of aromatic nitrogens is 2. The third-order valence-corrected chi connectivity index (χ3v) is 5.36. The number of likely N-dealkylation sites (N-methyl/N-ethyl adjacent to an activating group) is 1. The first-order valence-electron chi connectivity index (χ1n) is 9.40. The van der Waals surface area contributed by atoms with Crippen molar-refractivity contribution in [2.24, 2.45) is 0 Å². The fourth-order valence-corrected chi connectivity index (χ4v) is 3.76. The Morgan fingerprint density at radius 3 is 2.30 bits per heavy atom. The Balaban J connectivity index is 0.000000396. The topological polar surface area (TPSA) is 116 Å². The number of halogens is 3. The van der Waals surface area contributed by atoms with Crippen LogP contribution < -0.4 is 5.32 Å². The first-order chi connectivity index (χ1) is 14.1. The largest absolute Gasteiger partial charge is 0.490 e. The van der Waals surface area contributed by atoms with Gasteiger partial charge in [-0.25, -0.2) is 9.78 Å². The molecule has 2 aliphatic heterocycles. The van der Waals surface area contributed by atoms with Crippen LogP contribution in [0.4, 0.5) is 13.2 Å². The number of carboxylic acid groups (broad SMARTS) is 1. The van der Waals surface area contributed by atoms with Crippen LogP contribution in [-0.2, 0) is 9.59 Å². The van der Waals surface area contributed by atoms with Crippen LogP contribution in [0, 0.1) is 0 Å². The van der Waals surface area contributed by atoms with E-state index in [1.165, 1.54) is 6.20 Å². The molecule has 166 valence electrons. The maximum atomic E-state index is 12.5. The zero-order chi connectivity index (χ0) is 22.4. The van der Waals surface area contributed by atoms with Crippen molar-refractivity contribution in [2.45, 2.75) is 37.4 Å². The Morgan fingerprint density at radius 2 is 1.80 bits per heavy atom. The van der Waals surface area contributed by atoms with E-state index in [-0.39, 0.29) is 17.4 Å². The van der Waals surface area contributed by atoms with Crippen LogP contribution in [0.5, 0.6) is 0 Å². The smallest absolute Gasteiger partial charge is 0.475 e. The zero-order valence-electron chi connectivity index (χ0n) is 16.5. The number of likely N-dealkylation sites (tertiary alicyclic amines) is 2. The second-order valence-electron chi connectivity index (χ2n) is 7.11. The first kappa shape index (κ1) is 23.5. The normalized spacial score (nSPS) is 18.5. The van der Waals surface area contributed by atoms with Gasteiger partial charge in [0.1, 0.15) is 5.69 Å². The highest BCUT2D eigenvalue weighted by Crippen LogP contribution is 2.38. The number of nitrogens with zero attached hydrogens (tertiary/aromatic N) is 4. The van der Waals surface area contributed by atoms with E-state index in [0.29, 0.717) is 25.3 Å². The minimum absolute atomic E-state index is 0.0520. The Bertz CT molecular complexity index is 752. The van der Waals surface area contributed by atoms with Crippen LogP contribution in [0.3, 0.4) is 0 Å². The SMILES string of the molecule is CNC(=O)CN1CCCC12CCN(C(=O)c1cnccn1)CC2.O=C(O)C(F)(F)F. The molecule has 0 radical (unpaired) electrons. The number of carboxylic acids is 1. The standard InChI is InChI=1S/C16H23N5O2.C2HF3O2/c1-17-14(22)12-21-8-2-3-16(21)4-9-20(10-5-16)15(23)13-11-18-6-7-19-13;3-2(4,5)1(6)7/h6-7,11H,2-5,8-10,12H2,1H3,(H,17,22);(H,6,7). The molecule has 3 heterocycles. The Hall–Kier alpha value is -2.76. The summed E-state index contributed by atoms with van der Waals surface area (Å²) in [4.78, 5) is 45.3. The van der Waals surface area contributed by atoms with Gasteiger partial charge < -0.3 is 15.3 Å². The first-order valence-corrected chi connectivity index (χ1v) is 9.40. The van der Waals surface area contributed by atoms with Crippen LogP contribution in [0.15, 0.2) is 18.6 Å². The molecule has 3 rings (SSSR count). The molecule has 0 unspecified atom stereocenters. The third kappa shape index (κ3) is 5.88. The van der Waals surface area contributed by atoms with E-state index in [1.807, 2.05) is 4.90 Å². The molecule has 2 amide bonds. The van der Waals surface area contributed by atoms with Crippen molar-refractivity contribution in [3.8, 4) is 0 Å². The molecular weight excluding hydrogens is 407 g/mol. The molecule has 2 aliphatic rings. The zero-order valence-corrected chi connectivity index (χ0v) is 16.5. The summed E-state index contributed by atoms with van der Waals surface area (Å²) in [6.45, 7) is 2.83. The van der Waals surface area contributed by atoms with Crippen molar-refractivity contribution >= 4 is 17.8 Å². The van der Waals surface area contributed by atoms with Crippen LogP contribution in [0.1, 0.15) is 36.2 Å². The van der Waals surface area contributed by atoms with Gasteiger partial charge in [0.05, 0.1) is 12.7 Å². The summed E-state index contributed by atoms with van der Waals surface area (Å²) in [6, 6.07) is 0. The van der Waals surface area contributed by atoms with E-state index in [1.54, 1.807) is 19.4 Å². The third-order valence-electron chi connectivity index (χ3n) is 5.36. The lowest BCUT2D eigenvalue weighted by molar-refractivity contribution is -0.192. The summed E-state index contributed by atoms with van der Waals surface area (Å²) >= 11 is 0. The molecular formula is C18H24F3N5O4. The molecule has 0 aliphatic carbocycles. The fourth-order valence-electron chi connectivity index (χ4n) is 3.76. The van der Waals surface area contributed by atoms with E-state index in [9.17, 15) is 22.8 Å². The van der Waals surface area contributed by atoms with Crippen molar-refractivity contribution in [1.82, 2.24) is 25.1 Å². The number of amides is 2. The van der Waals surface area contributed by atoms with E-state index in [4.69, 9.17) is 9.90 Å². The minimum atomic E-state index is -5.08. The van der Waals surface area contributed by atoms with Gasteiger partial charge in [-0.1, -0.05) is 0 Å². The number of carbonyl (C=O) groups excluding carboxylic acids is 2. The van der Waals surface area contributed by atoms with Gasteiger partial charge in [-0.2, -0.15) is 13.2 Å². The molecule has 30 heavy (non-hydrogen) atoms. The molecule has 1 spiro atoms. The number of aliphatic carboxylic acids is 1. The van der Waals surface area contributed by atoms with Gasteiger partial charge >= 0.3 is 12.1 Å². The van der Waals surface area contributed by atoms with Crippen molar-refractivity contribution in [2.75, 3.05) is 33.2 Å². The number of alkyl halides is 3. The fraction of sp³-hybridized carbons (Fsp3) is 0.611. The summed E-state index contributed by atoms with van der Waals surface area (Å²) in [5.74, 6) is -2.75. The van der Waals surface area contributed by atoms with Crippen LogP contribution in [0.2, 0.25) is 0 Å². The summed E-state index contributed by atoms with van der Waals surface area (Å²) in [7, 11) is 1.67. The Labute approximate surface area is 171 Å². The molecule has 2 fully saturated rings. The summed E-state index contributed by atoms with van der Waals surface area (Å²) < 4.78 is 31.7. The molecule has 0 atom stereocenters. The number of rotatable bonds is 3. The highest BCUT2D eigenvalue weighted by molar-refractivity contribution is 5.92. The number of carbonyl (C=O) groups is 3. The van der Waals surface area contributed by atoms with Crippen molar-refractivity contribution in [3.05, 3.63) is 24.3 Å². The highest BCUT2D eigenvalue weighted by Gasteiger charge is 2.44. The second-order valence-corrected chi connectivity index (χ2v) is 7.11. The monoisotopic (exact) mass is 431 g/mol. The number of piperidine rings is 1. The molecule has 2 saturated heterocycles. The van der Waals surface area contributed by atoms with Gasteiger partial charge in [-0.05, 0) is 32.2 Å². The van der Waals surface area contributed by atoms with Crippen LogP contribution in [0.25, 0.3) is 0 Å². The van der Waals surface area contributed by atoms with Gasteiger partial charge in [0, 0.05) is 38.1 Å². The predicted octanol–water partition coefficient (Wildman–Crippen LogP) is 0.926. The molecule has 1 aromatic heterocycles. The second kappa shape index (κ2) is 9.83. The molecule has 0 aromatic carbocycles. The summed E-state index contributed by atoms with van der Waals surface area (Å²) in [5, 5.41) is 9.83. The van der Waals surface area contributed by atoms with Gasteiger partial charge in [0.15, 0.2) is 0 Å². The summed E-state index contributed by atoms with van der Waals surface area (Å²) in [5.41, 5.74) is 0.475. The molecule has 0 saturated carbocycles.